The summed E-state index contributed by atoms with van der Waals surface area (Å²) in [6.07, 6.45) is 2.32. The summed E-state index contributed by atoms with van der Waals surface area (Å²) < 4.78 is 0. The second-order valence-electron chi connectivity index (χ2n) is 4.93. The predicted octanol–water partition coefficient (Wildman–Crippen LogP) is 1.28. The quantitative estimate of drug-likeness (QED) is 0.842. The summed E-state index contributed by atoms with van der Waals surface area (Å²) in [5, 5.41) is 3.21. The first-order chi connectivity index (χ1) is 8.63. The maximum Gasteiger partial charge on any atom is 0.250 e. The van der Waals surface area contributed by atoms with Crippen molar-refractivity contribution >= 4 is 11.6 Å². The highest BCUT2D eigenvalue weighted by Gasteiger charge is 2.26. The molecule has 4 nitrogen and oxygen atoms in total. The summed E-state index contributed by atoms with van der Waals surface area (Å²) in [5.74, 6) is -0.347. The van der Waals surface area contributed by atoms with E-state index in [1.165, 1.54) is 6.42 Å². The Kier molecular flexibility index (Phi) is 3.87. The molecule has 1 atom stereocenters. The number of carbonyl (C=O) groups excluding carboxylic acids is 1. The maximum absolute atomic E-state index is 11.5. The van der Waals surface area contributed by atoms with Gasteiger partial charge in [0.1, 0.15) is 0 Å². The van der Waals surface area contributed by atoms with Crippen LogP contribution in [-0.2, 0) is 0 Å². The van der Waals surface area contributed by atoms with Crippen molar-refractivity contribution in [2.75, 3.05) is 25.0 Å². The SMILES string of the molecule is CNCC1CCCN1c1cc(C)ccc1C(N)=O. The molecule has 0 bridgehead atoms. The maximum atomic E-state index is 11.5. The summed E-state index contributed by atoms with van der Waals surface area (Å²) >= 11 is 0. The van der Waals surface area contributed by atoms with Crippen molar-refractivity contribution in [3.63, 3.8) is 0 Å². The van der Waals surface area contributed by atoms with Crippen LogP contribution in [0.15, 0.2) is 18.2 Å². The van der Waals surface area contributed by atoms with E-state index in [9.17, 15) is 4.79 Å². The van der Waals surface area contributed by atoms with Gasteiger partial charge in [0.15, 0.2) is 0 Å². The first kappa shape index (κ1) is 12.9. The van der Waals surface area contributed by atoms with Crippen LogP contribution in [0.4, 0.5) is 5.69 Å². The van der Waals surface area contributed by atoms with E-state index in [2.05, 4.69) is 16.3 Å². The summed E-state index contributed by atoms with van der Waals surface area (Å²) in [4.78, 5) is 13.8. The molecule has 1 fully saturated rings. The Morgan fingerprint density at radius 1 is 1.56 bits per heavy atom. The van der Waals surface area contributed by atoms with Gasteiger partial charge in [0, 0.05) is 19.1 Å². The standard InChI is InChI=1S/C14H21N3O/c1-10-5-6-12(14(15)18)13(8-10)17-7-3-4-11(17)9-16-2/h5-6,8,11,16H,3-4,7,9H2,1-2H3,(H2,15,18). The highest BCUT2D eigenvalue weighted by Crippen LogP contribution is 2.29. The van der Waals surface area contributed by atoms with Gasteiger partial charge in [-0.05, 0) is 44.5 Å². The number of carbonyl (C=O) groups is 1. The number of nitrogens with two attached hydrogens (primary N) is 1. The summed E-state index contributed by atoms with van der Waals surface area (Å²) in [6.45, 7) is 3.97. The lowest BCUT2D eigenvalue weighted by Gasteiger charge is -2.28. The van der Waals surface area contributed by atoms with E-state index in [1.807, 2.05) is 26.1 Å². The van der Waals surface area contributed by atoms with Gasteiger partial charge < -0.3 is 16.0 Å². The number of nitrogens with zero attached hydrogens (tertiary/aromatic N) is 1. The fourth-order valence-corrected chi connectivity index (χ4v) is 2.69. The van der Waals surface area contributed by atoms with Crippen LogP contribution in [0.5, 0.6) is 0 Å². The Hall–Kier alpha value is -1.55. The van der Waals surface area contributed by atoms with Crippen molar-refractivity contribution < 1.29 is 4.79 Å². The number of primary amides is 1. The molecule has 0 aliphatic carbocycles. The zero-order valence-corrected chi connectivity index (χ0v) is 11.1. The number of hydrogen-bond donors (Lipinski definition) is 2. The molecule has 1 aliphatic rings. The van der Waals surface area contributed by atoms with Crippen LogP contribution in [0.25, 0.3) is 0 Å². The molecular weight excluding hydrogens is 226 g/mol. The van der Waals surface area contributed by atoms with Gasteiger partial charge in [0.2, 0.25) is 0 Å². The van der Waals surface area contributed by atoms with Crippen molar-refractivity contribution in [2.45, 2.75) is 25.8 Å². The van der Waals surface area contributed by atoms with Gasteiger partial charge in [-0.2, -0.15) is 0 Å². The van der Waals surface area contributed by atoms with Gasteiger partial charge in [-0.15, -0.1) is 0 Å². The molecule has 1 aromatic rings. The summed E-state index contributed by atoms with van der Waals surface area (Å²) in [5.41, 5.74) is 8.24. The fraction of sp³-hybridized carbons (Fsp3) is 0.500. The smallest absolute Gasteiger partial charge is 0.250 e. The number of hydrogen-bond acceptors (Lipinski definition) is 3. The van der Waals surface area contributed by atoms with Gasteiger partial charge in [0.25, 0.3) is 5.91 Å². The number of benzene rings is 1. The molecule has 2 rings (SSSR count). The van der Waals surface area contributed by atoms with E-state index >= 15 is 0 Å². The molecule has 98 valence electrons. The number of anilines is 1. The van der Waals surface area contributed by atoms with Crippen molar-refractivity contribution in [3.05, 3.63) is 29.3 Å². The Morgan fingerprint density at radius 2 is 2.33 bits per heavy atom. The molecule has 0 aromatic heterocycles. The number of aryl methyl sites for hydroxylation is 1. The van der Waals surface area contributed by atoms with Crippen LogP contribution >= 0.6 is 0 Å². The molecular formula is C14H21N3O. The molecule has 1 saturated heterocycles. The molecule has 1 amide bonds. The zero-order chi connectivity index (χ0) is 13.1. The molecule has 1 unspecified atom stereocenters. The molecule has 0 spiro atoms. The van der Waals surface area contributed by atoms with E-state index in [-0.39, 0.29) is 5.91 Å². The largest absolute Gasteiger partial charge is 0.367 e. The van der Waals surface area contributed by atoms with Crippen LogP contribution in [0, 0.1) is 6.92 Å². The Morgan fingerprint density at radius 3 is 3.00 bits per heavy atom. The number of likely N-dealkylation sites (N-methyl/N-ethyl adjacent to an activating group) is 1. The van der Waals surface area contributed by atoms with E-state index < -0.39 is 0 Å². The van der Waals surface area contributed by atoms with E-state index in [4.69, 9.17) is 5.73 Å². The molecule has 1 heterocycles. The number of rotatable bonds is 4. The lowest BCUT2D eigenvalue weighted by molar-refractivity contribution is 0.100. The number of amides is 1. The van der Waals surface area contributed by atoms with Crippen LogP contribution < -0.4 is 16.0 Å². The lowest BCUT2D eigenvalue weighted by Crippen LogP contribution is -2.38. The Labute approximate surface area is 108 Å². The summed E-state index contributed by atoms with van der Waals surface area (Å²) in [7, 11) is 1.96. The van der Waals surface area contributed by atoms with Crippen LogP contribution in [0.3, 0.4) is 0 Å². The molecule has 3 N–H and O–H groups in total. The average molecular weight is 247 g/mol. The monoisotopic (exact) mass is 247 g/mol. The normalized spacial score (nSPS) is 19.2. The topological polar surface area (TPSA) is 58.4 Å². The molecule has 18 heavy (non-hydrogen) atoms. The average Bonchev–Trinajstić information content (AvgIpc) is 2.77. The van der Waals surface area contributed by atoms with E-state index in [0.29, 0.717) is 11.6 Å². The van der Waals surface area contributed by atoms with Crippen molar-refractivity contribution in [1.82, 2.24) is 5.32 Å². The van der Waals surface area contributed by atoms with Gasteiger partial charge in [-0.3, -0.25) is 4.79 Å². The van der Waals surface area contributed by atoms with Crippen LogP contribution in [-0.4, -0.2) is 32.1 Å². The van der Waals surface area contributed by atoms with Crippen molar-refractivity contribution in [1.29, 1.82) is 0 Å². The van der Waals surface area contributed by atoms with Gasteiger partial charge in [-0.25, -0.2) is 0 Å². The minimum absolute atomic E-state index is 0.347. The predicted molar refractivity (Wildman–Crippen MR) is 74.0 cm³/mol. The third kappa shape index (κ3) is 2.48. The van der Waals surface area contributed by atoms with Gasteiger partial charge in [0.05, 0.1) is 11.3 Å². The minimum Gasteiger partial charge on any atom is -0.367 e. The molecule has 4 heteroatoms. The first-order valence-electron chi connectivity index (χ1n) is 6.45. The van der Waals surface area contributed by atoms with E-state index in [1.54, 1.807) is 0 Å². The lowest BCUT2D eigenvalue weighted by atomic mass is 10.1. The molecule has 1 aromatic carbocycles. The second-order valence-corrected chi connectivity index (χ2v) is 4.93. The Balaban J connectivity index is 2.36. The highest BCUT2D eigenvalue weighted by atomic mass is 16.1. The minimum atomic E-state index is -0.347. The van der Waals surface area contributed by atoms with E-state index in [0.717, 1.165) is 30.8 Å². The fourth-order valence-electron chi connectivity index (χ4n) is 2.69. The third-order valence-corrected chi connectivity index (χ3v) is 3.55. The Bertz CT molecular complexity index is 445. The van der Waals surface area contributed by atoms with Gasteiger partial charge in [-0.1, -0.05) is 6.07 Å². The molecule has 0 radical (unpaired) electrons. The van der Waals surface area contributed by atoms with Crippen molar-refractivity contribution in [2.24, 2.45) is 5.73 Å². The van der Waals surface area contributed by atoms with Gasteiger partial charge >= 0.3 is 0 Å². The van der Waals surface area contributed by atoms with Crippen LogP contribution in [0.1, 0.15) is 28.8 Å². The van der Waals surface area contributed by atoms with Crippen molar-refractivity contribution in [3.8, 4) is 0 Å². The summed E-state index contributed by atoms with van der Waals surface area (Å²) in [6, 6.07) is 6.29. The third-order valence-electron chi connectivity index (χ3n) is 3.55. The first-order valence-corrected chi connectivity index (χ1v) is 6.45. The second kappa shape index (κ2) is 5.40. The molecule has 0 saturated carbocycles. The van der Waals surface area contributed by atoms with Crippen LogP contribution in [0.2, 0.25) is 0 Å². The zero-order valence-electron chi connectivity index (χ0n) is 11.1. The molecule has 1 aliphatic heterocycles. The highest BCUT2D eigenvalue weighted by molar-refractivity contribution is 5.99. The number of nitrogens with one attached hydrogen (secondary N) is 1.